The van der Waals surface area contributed by atoms with Crippen molar-refractivity contribution in [1.29, 1.82) is 0 Å². The van der Waals surface area contributed by atoms with Crippen molar-refractivity contribution in [3.63, 3.8) is 0 Å². The first-order valence-corrected chi connectivity index (χ1v) is 20.0. The number of rotatable bonds is 4. The van der Waals surface area contributed by atoms with Gasteiger partial charge in [0.2, 0.25) is 0 Å². The van der Waals surface area contributed by atoms with Gasteiger partial charge in [0.25, 0.3) is 0 Å². The molecule has 0 saturated heterocycles. The van der Waals surface area contributed by atoms with Crippen LogP contribution in [0.2, 0.25) is 0 Å². The van der Waals surface area contributed by atoms with Gasteiger partial charge in [0.15, 0.2) is 0 Å². The Labute approximate surface area is 325 Å². The van der Waals surface area contributed by atoms with Crippen LogP contribution >= 0.6 is 0 Å². The molecular formula is C55H44. The van der Waals surface area contributed by atoms with Crippen LogP contribution in [0.25, 0.3) is 50.1 Å². The molecule has 0 aliphatic heterocycles. The van der Waals surface area contributed by atoms with E-state index in [0.717, 1.165) is 12.8 Å². The summed E-state index contributed by atoms with van der Waals surface area (Å²) < 4.78 is 0. The van der Waals surface area contributed by atoms with E-state index in [-0.39, 0.29) is 10.8 Å². The van der Waals surface area contributed by atoms with Crippen molar-refractivity contribution in [1.82, 2.24) is 0 Å². The largest absolute Gasteiger partial charge is 0.0839 e. The first-order chi connectivity index (χ1) is 26.8. The highest BCUT2D eigenvalue weighted by Gasteiger charge is 2.46. The monoisotopic (exact) mass is 704 g/mol. The highest BCUT2D eigenvalue weighted by Crippen LogP contribution is 2.57. The summed E-state index contributed by atoms with van der Waals surface area (Å²) in [5.74, 6) is 0. The molecule has 0 fully saturated rings. The first-order valence-electron chi connectivity index (χ1n) is 20.0. The van der Waals surface area contributed by atoms with Gasteiger partial charge in [-0.2, -0.15) is 0 Å². The van der Waals surface area contributed by atoms with Crippen molar-refractivity contribution in [3.8, 4) is 44.5 Å². The van der Waals surface area contributed by atoms with Crippen molar-refractivity contribution >= 4 is 5.57 Å². The number of fused-ring (bicyclic) bond motifs is 8. The quantitative estimate of drug-likeness (QED) is 0.171. The summed E-state index contributed by atoms with van der Waals surface area (Å²) in [6, 6.07) is 60.3. The summed E-state index contributed by atoms with van der Waals surface area (Å²) in [4.78, 5) is 0. The van der Waals surface area contributed by atoms with E-state index in [9.17, 15) is 0 Å². The summed E-state index contributed by atoms with van der Waals surface area (Å²) in [6.07, 6.45) is 7.00. The summed E-state index contributed by atoms with van der Waals surface area (Å²) >= 11 is 0. The van der Waals surface area contributed by atoms with Crippen molar-refractivity contribution in [2.24, 2.45) is 0 Å². The molecule has 0 amide bonds. The van der Waals surface area contributed by atoms with Crippen molar-refractivity contribution in [2.75, 3.05) is 0 Å². The van der Waals surface area contributed by atoms with Crippen LogP contribution in [0, 0.1) is 0 Å². The average Bonchev–Trinajstić information content (AvgIpc) is 3.76. The van der Waals surface area contributed by atoms with Gasteiger partial charge in [-0.15, -0.1) is 0 Å². The van der Waals surface area contributed by atoms with Crippen molar-refractivity contribution < 1.29 is 0 Å². The van der Waals surface area contributed by atoms with Crippen LogP contribution in [0.5, 0.6) is 0 Å². The molecule has 4 aliphatic carbocycles. The standard InChI is InChI=1S/C55H44/c1-53(2)47-23-9-5-19-41(47)45-29-27-37(33-51(45)53)35-15-13-17-39(31-35)55(49-25-11-7-21-43(49)44-22-8-12-26-50(44)55)40-18-14-16-36(32-40)38-28-30-46-42-20-6-10-24-48(42)54(3,4)52(46)34-38/h5,7-19,21-34H,6,20H2,1-4H3. The van der Waals surface area contributed by atoms with Gasteiger partial charge in [-0.1, -0.05) is 173 Å². The Bertz CT molecular complexity index is 2770. The fourth-order valence-electron chi connectivity index (χ4n) is 11.0. The van der Waals surface area contributed by atoms with Crippen LogP contribution in [0.15, 0.2) is 175 Å². The third-order valence-corrected chi connectivity index (χ3v) is 13.7. The summed E-state index contributed by atoms with van der Waals surface area (Å²) in [7, 11) is 0. The molecule has 0 N–H and O–H groups in total. The molecule has 264 valence electrons. The van der Waals surface area contributed by atoms with E-state index in [4.69, 9.17) is 0 Å². The fourth-order valence-corrected chi connectivity index (χ4v) is 11.0. The van der Waals surface area contributed by atoms with Crippen LogP contribution in [-0.4, -0.2) is 0 Å². The Kier molecular flexibility index (Phi) is 6.79. The second kappa shape index (κ2) is 11.5. The lowest BCUT2D eigenvalue weighted by atomic mass is 9.67. The molecule has 7 aromatic rings. The lowest BCUT2D eigenvalue weighted by Gasteiger charge is -2.34. The molecule has 4 aliphatic rings. The molecule has 0 spiro atoms. The van der Waals surface area contributed by atoms with Gasteiger partial charge in [0, 0.05) is 10.8 Å². The molecule has 0 radical (unpaired) electrons. The highest BCUT2D eigenvalue weighted by atomic mass is 14.5. The maximum absolute atomic E-state index is 2.48. The molecule has 0 unspecified atom stereocenters. The van der Waals surface area contributed by atoms with Crippen molar-refractivity contribution in [2.45, 2.75) is 56.8 Å². The molecule has 0 heterocycles. The molecule has 0 heteroatoms. The SMILES string of the molecule is CC1(C)C2=C(CCC=C2)c2ccc(-c3cccc(C4(c5cccc(-c6ccc7c(c6)C(C)(C)c6ccccc6-7)c5)c5ccccc5-c5ccccc54)c3)cc21. The molecule has 0 atom stereocenters. The Morgan fingerprint density at radius 2 is 0.855 bits per heavy atom. The number of hydrogen-bond donors (Lipinski definition) is 0. The van der Waals surface area contributed by atoms with Gasteiger partial charge in [-0.25, -0.2) is 0 Å². The van der Waals surface area contributed by atoms with Crippen LogP contribution in [0.3, 0.4) is 0 Å². The second-order valence-corrected chi connectivity index (χ2v) is 17.2. The van der Waals surface area contributed by atoms with Gasteiger partial charge >= 0.3 is 0 Å². The minimum atomic E-state index is -0.493. The smallest absolute Gasteiger partial charge is 0.0713 e. The topological polar surface area (TPSA) is 0 Å². The Balaban J connectivity index is 1.10. The molecular weight excluding hydrogens is 661 g/mol. The normalized spacial score (nSPS) is 17.2. The molecule has 0 bridgehead atoms. The number of allylic oxidation sites excluding steroid dienone is 4. The summed E-state index contributed by atoms with van der Waals surface area (Å²) in [5, 5.41) is 0. The lowest BCUT2D eigenvalue weighted by molar-refractivity contribution is 0.651. The predicted molar refractivity (Wildman–Crippen MR) is 231 cm³/mol. The maximum atomic E-state index is 2.48. The van der Waals surface area contributed by atoms with E-state index in [2.05, 4.69) is 198 Å². The van der Waals surface area contributed by atoms with E-state index < -0.39 is 5.41 Å². The fraction of sp³-hybridized carbons (Fsp3) is 0.164. The van der Waals surface area contributed by atoms with Crippen LogP contribution in [-0.2, 0) is 16.2 Å². The molecule has 0 saturated carbocycles. The molecule has 0 nitrogen and oxygen atoms in total. The molecule has 11 rings (SSSR count). The van der Waals surface area contributed by atoms with E-state index in [0.29, 0.717) is 0 Å². The van der Waals surface area contributed by atoms with E-state index in [1.165, 1.54) is 100 Å². The average molecular weight is 705 g/mol. The van der Waals surface area contributed by atoms with Gasteiger partial charge in [-0.3, -0.25) is 0 Å². The third-order valence-electron chi connectivity index (χ3n) is 13.7. The minimum absolute atomic E-state index is 0.00420. The van der Waals surface area contributed by atoms with E-state index >= 15 is 0 Å². The van der Waals surface area contributed by atoms with Gasteiger partial charge in [0.05, 0.1) is 5.41 Å². The number of benzene rings is 7. The van der Waals surface area contributed by atoms with E-state index in [1.807, 2.05) is 0 Å². The zero-order valence-corrected chi connectivity index (χ0v) is 32.1. The van der Waals surface area contributed by atoms with Crippen LogP contribution in [0.4, 0.5) is 0 Å². The van der Waals surface area contributed by atoms with E-state index in [1.54, 1.807) is 0 Å². The summed E-state index contributed by atoms with van der Waals surface area (Å²) in [5.41, 5.74) is 23.9. The zero-order valence-electron chi connectivity index (χ0n) is 32.1. The van der Waals surface area contributed by atoms with Crippen LogP contribution < -0.4 is 0 Å². The second-order valence-electron chi connectivity index (χ2n) is 17.2. The third kappa shape index (κ3) is 4.40. The van der Waals surface area contributed by atoms with Gasteiger partial charge in [0.1, 0.15) is 0 Å². The molecule has 55 heavy (non-hydrogen) atoms. The number of hydrogen-bond acceptors (Lipinski definition) is 0. The van der Waals surface area contributed by atoms with Crippen molar-refractivity contribution in [3.05, 3.63) is 220 Å². The highest BCUT2D eigenvalue weighted by molar-refractivity contribution is 5.89. The predicted octanol–water partition coefficient (Wildman–Crippen LogP) is 14.1. The maximum Gasteiger partial charge on any atom is 0.0713 e. The Morgan fingerprint density at radius 3 is 1.45 bits per heavy atom. The summed E-state index contributed by atoms with van der Waals surface area (Å²) in [6.45, 7) is 9.55. The minimum Gasteiger partial charge on any atom is -0.0839 e. The first kappa shape index (κ1) is 32.5. The molecule has 0 aromatic heterocycles. The van der Waals surface area contributed by atoms with Gasteiger partial charge < -0.3 is 0 Å². The molecule has 7 aromatic carbocycles. The van der Waals surface area contributed by atoms with Gasteiger partial charge in [-0.05, 0) is 137 Å². The Morgan fingerprint density at radius 1 is 0.382 bits per heavy atom. The zero-order chi connectivity index (χ0) is 37.1. The lowest BCUT2D eigenvalue weighted by Crippen LogP contribution is -2.28. The Hall–Kier alpha value is -5.98. The van der Waals surface area contributed by atoms with Crippen LogP contribution in [0.1, 0.15) is 85.0 Å².